The van der Waals surface area contributed by atoms with Crippen molar-refractivity contribution in [3.63, 3.8) is 0 Å². The van der Waals surface area contributed by atoms with E-state index in [2.05, 4.69) is 11.4 Å². The Labute approximate surface area is 196 Å². The SMILES string of the molecule is Cc1[c-]cc(NC(=O)[C@@](C)(O)COc2ccc(N(CCO)CCO)cc2)cc1.[Y]. The number of carbonyl (C=O) groups is 1. The molecule has 2 aromatic rings. The standard InChI is InChI=1S/C21H27N2O5.Y/c1-16-3-5-17(6-4-16)22-20(26)21(2,27)15-28-19-9-7-18(8-10-19)23(11-13-24)12-14-25;/h3,5-10,24-25,27H,11-15H2,1-2H3,(H,22,26);/q-1;/t21-;/m0./s1. The Hall–Kier alpha value is -1.51. The quantitative estimate of drug-likeness (QED) is 0.387. The minimum atomic E-state index is -1.72. The van der Waals surface area contributed by atoms with Crippen molar-refractivity contribution in [3.8, 4) is 5.75 Å². The molecule has 155 valence electrons. The molecule has 2 rings (SSSR count). The molecule has 0 bridgehead atoms. The second-order valence-corrected chi connectivity index (χ2v) is 6.71. The molecule has 0 unspecified atom stereocenters. The van der Waals surface area contributed by atoms with Gasteiger partial charge in [0.2, 0.25) is 5.91 Å². The van der Waals surface area contributed by atoms with Crippen LogP contribution in [-0.2, 0) is 37.5 Å². The number of rotatable bonds is 10. The topological polar surface area (TPSA) is 102 Å². The van der Waals surface area contributed by atoms with Gasteiger partial charge in [-0.3, -0.25) is 4.79 Å². The summed E-state index contributed by atoms with van der Waals surface area (Å²) in [6, 6.07) is 15.2. The monoisotopic (exact) mass is 476 g/mol. The molecule has 0 aromatic heterocycles. The minimum absolute atomic E-state index is 0. The smallest absolute Gasteiger partial charge is 0.248 e. The zero-order valence-electron chi connectivity index (χ0n) is 16.8. The van der Waals surface area contributed by atoms with E-state index in [1.54, 1.807) is 36.4 Å². The summed E-state index contributed by atoms with van der Waals surface area (Å²) in [6.45, 7) is 3.85. The molecule has 0 saturated carbocycles. The van der Waals surface area contributed by atoms with Gasteiger partial charge < -0.3 is 30.3 Å². The first-order chi connectivity index (χ1) is 13.4. The first kappa shape index (κ1) is 25.5. The molecule has 7 nitrogen and oxygen atoms in total. The molecular formula is C21H27N2O5Y-. The van der Waals surface area contributed by atoms with Gasteiger partial charge in [0, 0.05) is 51.5 Å². The van der Waals surface area contributed by atoms with Gasteiger partial charge in [-0.15, -0.1) is 6.07 Å². The molecule has 1 atom stereocenters. The Bertz CT molecular complexity index is 745. The maximum atomic E-state index is 12.3. The summed E-state index contributed by atoms with van der Waals surface area (Å²) in [5, 5.41) is 31.3. The number of aliphatic hydroxyl groups excluding tert-OH is 2. The van der Waals surface area contributed by atoms with Gasteiger partial charge in [0.15, 0.2) is 5.60 Å². The van der Waals surface area contributed by atoms with E-state index in [9.17, 15) is 9.90 Å². The van der Waals surface area contributed by atoms with Crippen molar-refractivity contribution in [2.75, 3.05) is 43.1 Å². The van der Waals surface area contributed by atoms with Gasteiger partial charge in [-0.05, 0) is 31.2 Å². The molecule has 0 aliphatic rings. The molecule has 0 spiro atoms. The number of nitrogens with zero attached hydrogens (tertiary/aromatic N) is 1. The Morgan fingerprint density at radius 3 is 2.28 bits per heavy atom. The normalized spacial score (nSPS) is 12.4. The van der Waals surface area contributed by atoms with Crippen molar-refractivity contribution in [3.05, 3.63) is 54.1 Å². The van der Waals surface area contributed by atoms with Crippen LogP contribution in [0.5, 0.6) is 5.75 Å². The predicted octanol–water partition coefficient (Wildman–Crippen LogP) is 1.35. The molecule has 1 radical (unpaired) electrons. The summed E-state index contributed by atoms with van der Waals surface area (Å²) in [5.41, 5.74) is 0.611. The van der Waals surface area contributed by atoms with Gasteiger partial charge >= 0.3 is 0 Å². The van der Waals surface area contributed by atoms with Gasteiger partial charge in [-0.1, -0.05) is 12.6 Å². The number of anilines is 2. The second kappa shape index (κ2) is 12.2. The molecule has 0 heterocycles. The van der Waals surface area contributed by atoms with Gasteiger partial charge in [0.05, 0.1) is 13.2 Å². The van der Waals surface area contributed by atoms with Gasteiger partial charge in [0.1, 0.15) is 12.4 Å². The first-order valence-corrected chi connectivity index (χ1v) is 9.07. The van der Waals surface area contributed by atoms with Crippen LogP contribution in [0.4, 0.5) is 11.4 Å². The van der Waals surface area contributed by atoms with E-state index in [4.69, 9.17) is 14.9 Å². The number of nitrogens with one attached hydrogen (secondary N) is 1. The van der Waals surface area contributed by atoms with E-state index >= 15 is 0 Å². The maximum absolute atomic E-state index is 12.3. The Balaban J connectivity index is 0.00000420. The fourth-order valence-corrected chi connectivity index (χ4v) is 2.50. The fourth-order valence-electron chi connectivity index (χ4n) is 2.50. The number of aryl methyl sites for hydroxylation is 1. The van der Waals surface area contributed by atoms with E-state index in [0.717, 1.165) is 11.3 Å². The predicted molar refractivity (Wildman–Crippen MR) is 108 cm³/mol. The van der Waals surface area contributed by atoms with E-state index in [1.807, 2.05) is 17.9 Å². The van der Waals surface area contributed by atoms with Crippen LogP contribution < -0.4 is 15.0 Å². The molecule has 8 heteroatoms. The molecule has 0 fully saturated rings. The minimum Gasteiger partial charge on any atom is -0.490 e. The van der Waals surface area contributed by atoms with Crippen molar-refractivity contribution >= 4 is 17.3 Å². The number of benzene rings is 2. The number of hydrogen-bond acceptors (Lipinski definition) is 6. The van der Waals surface area contributed by atoms with Crippen LogP contribution >= 0.6 is 0 Å². The van der Waals surface area contributed by atoms with Crippen molar-refractivity contribution in [2.45, 2.75) is 19.4 Å². The van der Waals surface area contributed by atoms with Crippen LogP contribution in [-0.4, -0.2) is 59.7 Å². The van der Waals surface area contributed by atoms with Gasteiger partial charge in [-0.25, -0.2) is 0 Å². The molecule has 4 N–H and O–H groups in total. The third kappa shape index (κ3) is 8.03. The molecular weight excluding hydrogens is 449 g/mol. The van der Waals surface area contributed by atoms with Crippen molar-refractivity contribution in [1.82, 2.24) is 0 Å². The second-order valence-electron chi connectivity index (χ2n) is 6.71. The van der Waals surface area contributed by atoms with Crippen LogP contribution in [0.25, 0.3) is 0 Å². The largest absolute Gasteiger partial charge is 0.490 e. The van der Waals surface area contributed by atoms with Crippen LogP contribution in [0.1, 0.15) is 12.5 Å². The third-order valence-electron chi connectivity index (χ3n) is 4.18. The Morgan fingerprint density at radius 2 is 1.76 bits per heavy atom. The zero-order valence-corrected chi connectivity index (χ0v) is 19.6. The third-order valence-corrected chi connectivity index (χ3v) is 4.18. The Kier molecular flexibility index (Phi) is 10.8. The summed E-state index contributed by atoms with van der Waals surface area (Å²) in [6.07, 6.45) is 0. The summed E-state index contributed by atoms with van der Waals surface area (Å²) >= 11 is 0. The summed E-state index contributed by atoms with van der Waals surface area (Å²) < 4.78 is 5.57. The fraction of sp³-hybridized carbons (Fsp3) is 0.381. The van der Waals surface area contributed by atoms with Crippen molar-refractivity contribution < 1.29 is 57.6 Å². The van der Waals surface area contributed by atoms with Gasteiger partial charge in [0.25, 0.3) is 0 Å². The van der Waals surface area contributed by atoms with Gasteiger partial charge in [-0.2, -0.15) is 23.8 Å². The number of aliphatic hydroxyl groups is 3. The average Bonchev–Trinajstić information content (AvgIpc) is 2.68. The number of amides is 1. The molecule has 0 aliphatic heterocycles. The van der Waals surface area contributed by atoms with E-state index in [0.29, 0.717) is 24.5 Å². The summed E-state index contributed by atoms with van der Waals surface area (Å²) in [5.74, 6) is -0.0770. The van der Waals surface area contributed by atoms with Crippen LogP contribution in [0.2, 0.25) is 0 Å². The molecule has 0 aliphatic carbocycles. The summed E-state index contributed by atoms with van der Waals surface area (Å²) in [7, 11) is 0. The van der Waals surface area contributed by atoms with Crippen molar-refractivity contribution in [2.24, 2.45) is 0 Å². The molecule has 2 aromatic carbocycles. The van der Waals surface area contributed by atoms with E-state index in [-0.39, 0.29) is 52.5 Å². The molecule has 0 saturated heterocycles. The van der Waals surface area contributed by atoms with E-state index in [1.165, 1.54) is 6.92 Å². The Morgan fingerprint density at radius 1 is 1.14 bits per heavy atom. The first-order valence-electron chi connectivity index (χ1n) is 9.07. The van der Waals surface area contributed by atoms with Crippen LogP contribution in [0, 0.1) is 13.0 Å². The van der Waals surface area contributed by atoms with E-state index < -0.39 is 11.5 Å². The van der Waals surface area contributed by atoms with Crippen molar-refractivity contribution in [1.29, 1.82) is 0 Å². The molecule has 1 amide bonds. The number of carbonyl (C=O) groups excluding carboxylic acids is 1. The summed E-state index contributed by atoms with van der Waals surface area (Å²) in [4.78, 5) is 14.2. The number of hydrogen-bond donors (Lipinski definition) is 4. The molecule has 29 heavy (non-hydrogen) atoms. The zero-order chi connectivity index (χ0) is 20.6. The average molecular weight is 476 g/mol. The van der Waals surface area contributed by atoms with Crippen LogP contribution in [0.3, 0.4) is 0 Å². The maximum Gasteiger partial charge on any atom is 0.248 e. The number of ether oxygens (including phenoxy) is 1. The van der Waals surface area contributed by atoms with Crippen LogP contribution in [0.15, 0.2) is 42.5 Å².